The Morgan fingerprint density at radius 1 is 1.07 bits per heavy atom. The zero-order chi connectivity index (χ0) is 19.0. The van der Waals surface area contributed by atoms with E-state index in [0.29, 0.717) is 11.6 Å². The number of amides is 2. The molecule has 2 heterocycles. The first-order valence-corrected chi connectivity index (χ1v) is 11.3. The highest BCUT2D eigenvalue weighted by Crippen LogP contribution is 2.60. The van der Waals surface area contributed by atoms with E-state index in [-0.39, 0.29) is 29.8 Å². The monoisotopic (exact) mass is 398 g/mol. The van der Waals surface area contributed by atoms with Gasteiger partial charge in [-0.15, -0.1) is 0 Å². The Morgan fingerprint density at radius 3 is 2.43 bits per heavy atom. The van der Waals surface area contributed by atoms with E-state index in [1.165, 1.54) is 24.8 Å². The first-order valence-electron chi connectivity index (χ1n) is 10.9. The SMILES string of the molecule is O=C1CN(C(=O)C23CC4CC(CC(C4)C2)C3)CC2c3cc(Cl)ccc3CCN12. The summed E-state index contributed by atoms with van der Waals surface area (Å²) < 4.78 is 0. The predicted octanol–water partition coefficient (Wildman–Crippen LogP) is 3.82. The van der Waals surface area contributed by atoms with Crippen LogP contribution in [0.1, 0.15) is 55.7 Å². The number of benzene rings is 1. The Morgan fingerprint density at radius 2 is 1.75 bits per heavy atom. The fourth-order valence-electron chi connectivity index (χ4n) is 7.55. The van der Waals surface area contributed by atoms with Crippen LogP contribution in [0.15, 0.2) is 18.2 Å². The third-order valence-corrected chi connectivity index (χ3v) is 8.52. The zero-order valence-electron chi connectivity index (χ0n) is 16.2. The second-order valence-electron chi connectivity index (χ2n) is 10.1. The zero-order valence-corrected chi connectivity index (χ0v) is 17.0. The molecule has 2 aliphatic heterocycles. The molecule has 4 bridgehead atoms. The highest BCUT2D eigenvalue weighted by Gasteiger charge is 2.56. The van der Waals surface area contributed by atoms with Crippen LogP contribution in [0.5, 0.6) is 0 Å². The van der Waals surface area contributed by atoms with Gasteiger partial charge in [0.1, 0.15) is 0 Å². The van der Waals surface area contributed by atoms with Crippen LogP contribution in [0.3, 0.4) is 0 Å². The third kappa shape index (κ3) is 2.49. The van der Waals surface area contributed by atoms with Crippen molar-refractivity contribution in [1.29, 1.82) is 0 Å². The summed E-state index contributed by atoms with van der Waals surface area (Å²) in [5.41, 5.74) is 2.22. The molecule has 7 rings (SSSR count). The normalized spacial score (nSPS) is 38.4. The molecule has 4 aliphatic carbocycles. The average Bonchev–Trinajstić information content (AvgIpc) is 2.66. The molecule has 1 aromatic carbocycles. The van der Waals surface area contributed by atoms with Crippen molar-refractivity contribution in [3.8, 4) is 0 Å². The topological polar surface area (TPSA) is 40.6 Å². The lowest BCUT2D eigenvalue weighted by Gasteiger charge is -2.57. The molecule has 4 saturated carbocycles. The van der Waals surface area contributed by atoms with Crippen molar-refractivity contribution in [1.82, 2.24) is 9.80 Å². The highest BCUT2D eigenvalue weighted by molar-refractivity contribution is 6.30. The van der Waals surface area contributed by atoms with E-state index in [4.69, 9.17) is 11.6 Å². The van der Waals surface area contributed by atoms with E-state index in [0.717, 1.165) is 55.5 Å². The van der Waals surface area contributed by atoms with Gasteiger partial charge in [0, 0.05) is 18.1 Å². The molecule has 0 aromatic heterocycles. The lowest BCUT2D eigenvalue weighted by molar-refractivity contribution is -0.165. The second kappa shape index (κ2) is 5.98. The van der Waals surface area contributed by atoms with Crippen molar-refractivity contribution in [2.45, 2.75) is 51.0 Å². The highest BCUT2D eigenvalue weighted by atomic mass is 35.5. The molecule has 6 aliphatic rings. The summed E-state index contributed by atoms with van der Waals surface area (Å²) in [4.78, 5) is 30.6. The largest absolute Gasteiger partial charge is 0.332 e. The van der Waals surface area contributed by atoms with Gasteiger partial charge < -0.3 is 9.80 Å². The number of fused-ring (bicyclic) bond motifs is 3. The summed E-state index contributed by atoms with van der Waals surface area (Å²) in [7, 11) is 0. The lowest BCUT2D eigenvalue weighted by Crippen LogP contribution is -2.61. The van der Waals surface area contributed by atoms with Gasteiger partial charge in [-0.2, -0.15) is 0 Å². The Balaban J connectivity index is 1.31. The van der Waals surface area contributed by atoms with Crippen LogP contribution in [0.4, 0.5) is 0 Å². The van der Waals surface area contributed by atoms with Crippen molar-refractivity contribution in [3.05, 3.63) is 34.3 Å². The number of nitrogens with zero attached hydrogens (tertiary/aromatic N) is 2. The van der Waals surface area contributed by atoms with E-state index in [9.17, 15) is 9.59 Å². The van der Waals surface area contributed by atoms with Gasteiger partial charge in [0.05, 0.1) is 18.0 Å². The molecule has 0 radical (unpaired) electrons. The molecule has 148 valence electrons. The van der Waals surface area contributed by atoms with Gasteiger partial charge >= 0.3 is 0 Å². The maximum absolute atomic E-state index is 13.8. The van der Waals surface area contributed by atoms with Crippen LogP contribution < -0.4 is 0 Å². The van der Waals surface area contributed by atoms with Crippen molar-refractivity contribution >= 4 is 23.4 Å². The van der Waals surface area contributed by atoms with E-state index >= 15 is 0 Å². The number of hydrogen-bond donors (Lipinski definition) is 0. The predicted molar refractivity (Wildman–Crippen MR) is 107 cm³/mol. The van der Waals surface area contributed by atoms with E-state index in [1.54, 1.807) is 0 Å². The standard InChI is InChI=1S/C23H27ClN2O2/c24-18-2-1-17-3-4-26-20(19(17)8-18)12-25(13-21(26)27)22(28)23-9-14-5-15(10-23)7-16(6-14)11-23/h1-2,8,14-16,20H,3-7,9-13H2. The number of rotatable bonds is 1. The molecule has 1 aromatic rings. The minimum atomic E-state index is -0.178. The number of carbonyl (C=O) groups excluding carboxylic acids is 2. The molecule has 28 heavy (non-hydrogen) atoms. The first-order chi connectivity index (χ1) is 13.5. The van der Waals surface area contributed by atoms with Crippen LogP contribution in [-0.4, -0.2) is 41.2 Å². The molecule has 0 N–H and O–H groups in total. The molecular weight excluding hydrogens is 372 g/mol. The summed E-state index contributed by atoms with van der Waals surface area (Å²) in [6.45, 7) is 1.63. The molecule has 5 fully saturated rings. The van der Waals surface area contributed by atoms with E-state index in [2.05, 4.69) is 6.07 Å². The van der Waals surface area contributed by atoms with Gasteiger partial charge in [0.25, 0.3) is 0 Å². The summed E-state index contributed by atoms with van der Waals surface area (Å²) in [5, 5.41) is 0.706. The molecule has 5 heteroatoms. The van der Waals surface area contributed by atoms with Crippen LogP contribution in [0.2, 0.25) is 5.02 Å². The van der Waals surface area contributed by atoms with Crippen molar-refractivity contribution < 1.29 is 9.59 Å². The van der Waals surface area contributed by atoms with Crippen LogP contribution in [0, 0.1) is 23.2 Å². The molecular formula is C23H27ClN2O2. The van der Waals surface area contributed by atoms with Crippen molar-refractivity contribution in [3.63, 3.8) is 0 Å². The fourth-order valence-corrected chi connectivity index (χ4v) is 7.73. The van der Waals surface area contributed by atoms with Crippen molar-refractivity contribution in [2.24, 2.45) is 23.2 Å². The Bertz CT molecular complexity index is 831. The molecule has 4 nitrogen and oxygen atoms in total. The maximum atomic E-state index is 13.8. The minimum Gasteiger partial charge on any atom is -0.332 e. The van der Waals surface area contributed by atoms with Crippen molar-refractivity contribution in [2.75, 3.05) is 19.6 Å². The third-order valence-electron chi connectivity index (χ3n) is 8.28. The Kier molecular flexibility index (Phi) is 3.70. The average molecular weight is 399 g/mol. The van der Waals surface area contributed by atoms with Gasteiger partial charge in [0.15, 0.2) is 0 Å². The quantitative estimate of drug-likeness (QED) is 0.721. The smallest absolute Gasteiger partial charge is 0.242 e. The van der Waals surface area contributed by atoms with Crippen LogP contribution in [-0.2, 0) is 16.0 Å². The van der Waals surface area contributed by atoms with Gasteiger partial charge in [-0.25, -0.2) is 0 Å². The molecule has 0 spiro atoms. The Hall–Kier alpha value is -1.55. The summed E-state index contributed by atoms with van der Waals surface area (Å²) in [6, 6.07) is 5.97. The number of hydrogen-bond acceptors (Lipinski definition) is 2. The number of halogens is 1. The lowest BCUT2D eigenvalue weighted by atomic mass is 9.49. The summed E-state index contributed by atoms with van der Waals surface area (Å²) in [6.07, 6.45) is 8.02. The molecule has 1 saturated heterocycles. The minimum absolute atomic E-state index is 0.0402. The Labute approximate surface area is 171 Å². The van der Waals surface area contributed by atoms with E-state index < -0.39 is 0 Å². The van der Waals surface area contributed by atoms with Gasteiger partial charge in [-0.1, -0.05) is 17.7 Å². The summed E-state index contributed by atoms with van der Waals surface area (Å²) >= 11 is 6.27. The van der Waals surface area contributed by atoms with Crippen LogP contribution in [0.25, 0.3) is 0 Å². The maximum Gasteiger partial charge on any atom is 0.242 e. The second-order valence-corrected chi connectivity index (χ2v) is 10.5. The molecule has 2 amide bonds. The molecule has 1 atom stereocenters. The fraction of sp³-hybridized carbons (Fsp3) is 0.652. The van der Waals surface area contributed by atoms with Crippen LogP contribution >= 0.6 is 11.6 Å². The number of carbonyl (C=O) groups is 2. The molecule has 1 unspecified atom stereocenters. The van der Waals surface area contributed by atoms with Gasteiger partial charge in [-0.05, 0) is 86.0 Å². The van der Waals surface area contributed by atoms with Gasteiger partial charge in [0.2, 0.25) is 11.8 Å². The first kappa shape index (κ1) is 17.3. The van der Waals surface area contributed by atoms with Gasteiger partial charge in [-0.3, -0.25) is 9.59 Å². The number of piperazine rings is 1. The van der Waals surface area contributed by atoms with E-state index in [1.807, 2.05) is 21.9 Å². The summed E-state index contributed by atoms with van der Waals surface area (Å²) in [5.74, 6) is 2.58.